The van der Waals surface area contributed by atoms with Gasteiger partial charge in [-0.25, -0.2) is 0 Å². The molecule has 1 unspecified atom stereocenters. The Morgan fingerprint density at radius 1 is 1.20 bits per heavy atom. The second-order valence-corrected chi connectivity index (χ2v) is 4.61. The molecule has 0 fully saturated rings. The second kappa shape index (κ2) is 6.30. The van der Waals surface area contributed by atoms with E-state index in [2.05, 4.69) is 5.32 Å². The first-order valence-electron chi connectivity index (χ1n) is 6.48. The minimum absolute atomic E-state index is 0.0278. The maximum absolute atomic E-state index is 9.96. The van der Waals surface area contributed by atoms with Gasteiger partial charge in [0.25, 0.3) is 0 Å². The number of hydrogen-bond donors (Lipinski definition) is 3. The number of anilines is 1. The average molecular weight is 273 g/mol. The number of aliphatic hydroxyl groups excluding tert-OH is 1. The Morgan fingerprint density at radius 2 is 1.95 bits per heavy atom. The van der Waals surface area contributed by atoms with Gasteiger partial charge in [-0.15, -0.1) is 0 Å². The molecule has 2 rings (SSSR count). The molecule has 2 aromatic rings. The molecule has 0 spiro atoms. The van der Waals surface area contributed by atoms with Gasteiger partial charge in [0.15, 0.2) is 0 Å². The molecule has 3 N–H and O–H groups in total. The van der Waals surface area contributed by atoms with E-state index in [1.165, 1.54) is 0 Å². The monoisotopic (exact) mass is 273 g/mol. The van der Waals surface area contributed by atoms with Crippen LogP contribution in [-0.4, -0.2) is 17.3 Å². The number of phenolic OH excluding ortho intramolecular Hbond substituents is 1. The second-order valence-electron chi connectivity index (χ2n) is 4.61. The summed E-state index contributed by atoms with van der Waals surface area (Å²) < 4.78 is 5.18. The molecule has 0 amide bonds. The Kier molecular flexibility index (Phi) is 4.48. The molecule has 4 nitrogen and oxygen atoms in total. The molecule has 20 heavy (non-hydrogen) atoms. The lowest BCUT2D eigenvalue weighted by Gasteiger charge is -2.19. The lowest BCUT2D eigenvalue weighted by Crippen LogP contribution is -2.09. The molecule has 0 aliphatic carbocycles. The highest BCUT2D eigenvalue weighted by atomic mass is 16.5. The van der Waals surface area contributed by atoms with Crippen LogP contribution >= 0.6 is 0 Å². The Labute approximate surface area is 118 Å². The van der Waals surface area contributed by atoms with Crippen molar-refractivity contribution in [1.82, 2.24) is 0 Å². The van der Waals surface area contributed by atoms with Gasteiger partial charge in [-0.3, -0.25) is 0 Å². The van der Waals surface area contributed by atoms with Crippen molar-refractivity contribution < 1.29 is 14.9 Å². The van der Waals surface area contributed by atoms with E-state index in [1.54, 1.807) is 25.3 Å². The normalized spacial score (nSPS) is 11.9. The third-order valence-corrected chi connectivity index (χ3v) is 3.26. The zero-order chi connectivity index (χ0) is 14.5. The molecule has 0 bridgehead atoms. The third kappa shape index (κ3) is 3.03. The number of ether oxygens (including phenoxy) is 1. The maximum atomic E-state index is 9.96. The number of benzene rings is 2. The van der Waals surface area contributed by atoms with Gasteiger partial charge in [-0.1, -0.05) is 18.2 Å². The number of rotatable bonds is 5. The van der Waals surface area contributed by atoms with Crippen LogP contribution in [0.3, 0.4) is 0 Å². The van der Waals surface area contributed by atoms with E-state index in [-0.39, 0.29) is 18.4 Å². The van der Waals surface area contributed by atoms with Crippen molar-refractivity contribution in [2.24, 2.45) is 0 Å². The van der Waals surface area contributed by atoms with Crippen LogP contribution in [0.5, 0.6) is 11.5 Å². The fourth-order valence-electron chi connectivity index (χ4n) is 2.12. The van der Waals surface area contributed by atoms with E-state index < -0.39 is 0 Å². The molecule has 0 radical (unpaired) electrons. The topological polar surface area (TPSA) is 61.7 Å². The average Bonchev–Trinajstić information content (AvgIpc) is 2.48. The van der Waals surface area contributed by atoms with Crippen LogP contribution in [0.1, 0.15) is 24.1 Å². The Balaban J connectivity index is 2.25. The summed E-state index contributed by atoms with van der Waals surface area (Å²) in [6, 6.07) is 12.6. The van der Waals surface area contributed by atoms with Crippen molar-refractivity contribution in [3.63, 3.8) is 0 Å². The lowest BCUT2D eigenvalue weighted by molar-refractivity contribution is 0.282. The highest BCUT2D eigenvalue weighted by molar-refractivity contribution is 5.54. The van der Waals surface area contributed by atoms with E-state index >= 15 is 0 Å². The summed E-state index contributed by atoms with van der Waals surface area (Å²) in [5, 5.41) is 22.6. The summed E-state index contributed by atoms with van der Waals surface area (Å²) in [7, 11) is 1.59. The Bertz CT molecular complexity index is 584. The van der Waals surface area contributed by atoms with Gasteiger partial charge in [0.2, 0.25) is 0 Å². The standard InChI is InChI=1S/C16H19NO3/c1-11(14-9-13(20-2)7-8-16(14)19)17-15-6-4-3-5-12(15)10-18/h3-9,11,17-19H,10H2,1-2H3. The molecule has 0 aliphatic heterocycles. The van der Waals surface area contributed by atoms with E-state index in [9.17, 15) is 10.2 Å². The summed E-state index contributed by atoms with van der Waals surface area (Å²) in [5.74, 6) is 0.911. The number of aliphatic hydroxyl groups is 1. The molecule has 1 atom stereocenters. The number of para-hydroxylation sites is 1. The summed E-state index contributed by atoms with van der Waals surface area (Å²) in [6.45, 7) is 1.92. The first-order chi connectivity index (χ1) is 9.65. The summed E-state index contributed by atoms with van der Waals surface area (Å²) in [5.41, 5.74) is 2.42. The minimum Gasteiger partial charge on any atom is -0.508 e. The van der Waals surface area contributed by atoms with Gasteiger partial charge in [-0.2, -0.15) is 0 Å². The number of hydrogen-bond acceptors (Lipinski definition) is 4. The van der Waals surface area contributed by atoms with Gasteiger partial charge in [0.05, 0.1) is 19.8 Å². The fourth-order valence-corrected chi connectivity index (χ4v) is 2.12. The number of phenols is 1. The maximum Gasteiger partial charge on any atom is 0.121 e. The van der Waals surface area contributed by atoms with Crippen molar-refractivity contribution in [2.45, 2.75) is 19.6 Å². The largest absolute Gasteiger partial charge is 0.508 e. The molecule has 0 saturated heterocycles. The quantitative estimate of drug-likeness (QED) is 0.783. The molecule has 0 heterocycles. The first-order valence-corrected chi connectivity index (χ1v) is 6.48. The van der Waals surface area contributed by atoms with Crippen molar-refractivity contribution in [2.75, 3.05) is 12.4 Å². The van der Waals surface area contributed by atoms with E-state index in [0.29, 0.717) is 5.75 Å². The van der Waals surface area contributed by atoms with Crippen LogP contribution in [0.2, 0.25) is 0 Å². The molecule has 2 aromatic carbocycles. The lowest BCUT2D eigenvalue weighted by atomic mass is 10.1. The molecule has 0 aliphatic rings. The van der Waals surface area contributed by atoms with Gasteiger partial charge >= 0.3 is 0 Å². The molecule has 0 aromatic heterocycles. The van der Waals surface area contributed by atoms with Crippen LogP contribution in [0.25, 0.3) is 0 Å². The SMILES string of the molecule is COc1ccc(O)c(C(C)Nc2ccccc2CO)c1. The third-order valence-electron chi connectivity index (χ3n) is 3.26. The van der Waals surface area contributed by atoms with Crippen LogP contribution in [-0.2, 0) is 6.61 Å². The number of aromatic hydroxyl groups is 1. The molecular weight excluding hydrogens is 254 g/mol. The van der Waals surface area contributed by atoms with Crippen LogP contribution in [0, 0.1) is 0 Å². The van der Waals surface area contributed by atoms with Gasteiger partial charge < -0.3 is 20.3 Å². The van der Waals surface area contributed by atoms with Crippen LogP contribution in [0.4, 0.5) is 5.69 Å². The highest BCUT2D eigenvalue weighted by Crippen LogP contribution is 2.31. The van der Waals surface area contributed by atoms with Crippen molar-refractivity contribution in [1.29, 1.82) is 0 Å². The molecular formula is C16H19NO3. The zero-order valence-electron chi connectivity index (χ0n) is 11.6. The molecule has 4 heteroatoms. The first kappa shape index (κ1) is 14.2. The minimum atomic E-state index is -0.113. The molecule has 0 saturated carbocycles. The molecule has 106 valence electrons. The summed E-state index contributed by atoms with van der Waals surface area (Å²) in [4.78, 5) is 0. The summed E-state index contributed by atoms with van der Waals surface area (Å²) >= 11 is 0. The van der Waals surface area contributed by atoms with Gasteiger partial charge in [0.1, 0.15) is 11.5 Å². The summed E-state index contributed by atoms with van der Waals surface area (Å²) in [6.07, 6.45) is 0. The van der Waals surface area contributed by atoms with Gasteiger partial charge in [-0.05, 0) is 31.2 Å². The smallest absolute Gasteiger partial charge is 0.121 e. The van der Waals surface area contributed by atoms with E-state index in [1.807, 2.05) is 31.2 Å². The number of methoxy groups -OCH3 is 1. The predicted octanol–water partition coefficient (Wildman–Crippen LogP) is 3.07. The van der Waals surface area contributed by atoms with E-state index in [4.69, 9.17) is 4.74 Å². The van der Waals surface area contributed by atoms with Crippen molar-refractivity contribution >= 4 is 5.69 Å². The van der Waals surface area contributed by atoms with E-state index in [0.717, 1.165) is 16.8 Å². The Morgan fingerprint density at radius 3 is 2.65 bits per heavy atom. The predicted molar refractivity (Wildman–Crippen MR) is 79.1 cm³/mol. The zero-order valence-corrected chi connectivity index (χ0v) is 11.6. The Hall–Kier alpha value is -2.20. The van der Waals surface area contributed by atoms with Crippen LogP contribution < -0.4 is 10.1 Å². The van der Waals surface area contributed by atoms with Crippen LogP contribution in [0.15, 0.2) is 42.5 Å². The van der Waals surface area contributed by atoms with Crippen molar-refractivity contribution in [3.05, 3.63) is 53.6 Å². The number of nitrogens with one attached hydrogen (secondary N) is 1. The van der Waals surface area contributed by atoms with Gasteiger partial charge in [0, 0.05) is 16.8 Å². The fraction of sp³-hybridized carbons (Fsp3) is 0.250. The van der Waals surface area contributed by atoms with Crippen molar-refractivity contribution in [3.8, 4) is 11.5 Å². The highest BCUT2D eigenvalue weighted by Gasteiger charge is 2.13.